The van der Waals surface area contributed by atoms with Crippen LogP contribution in [-0.4, -0.2) is 24.4 Å². The van der Waals surface area contributed by atoms with E-state index >= 15 is 0 Å². The standard InChI is InChI=1S/C30H33NP2/c1-25(32(27-15-7-3-8-16-27)28-17-9-4-10-18-28)23-31-24-26(2)33(29-19-11-5-12-20-29)30-21-13-6-14-22-30/h3-22,25-26,31H,23-24H2,1-2H3. The molecule has 0 aliphatic carbocycles. The maximum Gasteiger partial charge on any atom is 0.00226 e. The Kier molecular flexibility index (Phi) is 8.85. The van der Waals surface area contributed by atoms with Crippen molar-refractivity contribution in [1.82, 2.24) is 5.32 Å². The molecule has 0 aliphatic rings. The van der Waals surface area contributed by atoms with Crippen LogP contribution in [-0.2, 0) is 0 Å². The van der Waals surface area contributed by atoms with E-state index in [4.69, 9.17) is 0 Å². The minimum Gasteiger partial charge on any atom is -0.315 e. The van der Waals surface area contributed by atoms with E-state index in [9.17, 15) is 0 Å². The van der Waals surface area contributed by atoms with Crippen molar-refractivity contribution in [2.75, 3.05) is 13.1 Å². The summed E-state index contributed by atoms with van der Waals surface area (Å²) >= 11 is 0. The highest BCUT2D eigenvalue weighted by Gasteiger charge is 2.23. The monoisotopic (exact) mass is 469 g/mol. The first-order valence-corrected chi connectivity index (χ1v) is 14.6. The Balaban J connectivity index is 1.46. The van der Waals surface area contributed by atoms with E-state index in [2.05, 4.69) is 140 Å². The second-order valence-corrected chi connectivity index (χ2v) is 13.7. The zero-order chi connectivity index (χ0) is 22.9. The lowest BCUT2D eigenvalue weighted by Gasteiger charge is -2.29. The molecule has 0 spiro atoms. The van der Waals surface area contributed by atoms with Crippen molar-refractivity contribution in [3.63, 3.8) is 0 Å². The molecule has 168 valence electrons. The Morgan fingerprint density at radius 2 is 0.697 bits per heavy atom. The predicted molar refractivity (Wildman–Crippen MR) is 150 cm³/mol. The quantitative estimate of drug-likeness (QED) is 0.297. The van der Waals surface area contributed by atoms with Crippen molar-refractivity contribution >= 4 is 37.1 Å². The van der Waals surface area contributed by atoms with Crippen molar-refractivity contribution in [3.8, 4) is 0 Å². The van der Waals surface area contributed by atoms with Crippen LogP contribution in [0.25, 0.3) is 0 Å². The first-order valence-electron chi connectivity index (χ1n) is 11.7. The third-order valence-corrected chi connectivity index (χ3v) is 11.4. The minimum absolute atomic E-state index is 0.403. The van der Waals surface area contributed by atoms with Gasteiger partial charge in [-0.25, -0.2) is 0 Å². The summed E-state index contributed by atoms with van der Waals surface area (Å²) in [5.41, 5.74) is 1.10. The van der Waals surface area contributed by atoms with E-state index in [1.807, 2.05) is 0 Å². The molecule has 33 heavy (non-hydrogen) atoms. The Hall–Kier alpha value is -2.30. The van der Waals surface area contributed by atoms with Gasteiger partial charge in [0.2, 0.25) is 0 Å². The van der Waals surface area contributed by atoms with Crippen LogP contribution in [0.3, 0.4) is 0 Å². The van der Waals surface area contributed by atoms with Crippen LogP contribution in [0.1, 0.15) is 13.8 Å². The number of rotatable bonds is 10. The summed E-state index contributed by atoms with van der Waals surface area (Å²) in [6.45, 7) is 6.85. The molecule has 3 heteroatoms. The van der Waals surface area contributed by atoms with Gasteiger partial charge in [-0.3, -0.25) is 0 Å². The third kappa shape index (κ3) is 6.39. The summed E-state index contributed by atoms with van der Waals surface area (Å²) in [4.78, 5) is 0. The first-order chi connectivity index (χ1) is 16.2. The van der Waals surface area contributed by atoms with Crippen molar-refractivity contribution in [2.24, 2.45) is 0 Å². The predicted octanol–water partition coefficient (Wildman–Crippen LogP) is 5.62. The highest BCUT2D eigenvalue weighted by molar-refractivity contribution is 7.74. The normalized spacial score (nSPS) is 13.2. The summed E-state index contributed by atoms with van der Waals surface area (Å²) in [5.74, 6) is 0. The number of nitrogens with one attached hydrogen (secondary N) is 1. The fourth-order valence-corrected chi connectivity index (χ4v) is 9.58. The van der Waals surface area contributed by atoms with Crippen molar-refractivity contribution in [1.29, 1.82) is 0 Å². The van der Waals surface area contributed by atoms with E-state index in [1.54, 1.807) is 0 Å². The lowest BCUT2D eigenvalue weighted by molar-refractivity contribution is 0.672. The second kappa shape index (κ2) is 12.2. The summed E-state index contributed by atoms with van der Waals surface area (Å²) in [6, 6.07) is 44.2. The van der Waals surface area contributed by atoms with Gasteiger partial charge in [-0.2, -0.15) is 0 Å². The summed E-state index contributed by atoms with van der Waals surface area (Å²) < 4.78 is 0. The molecule has 0 saturated heterocycles. The van der Waals surface area contributed by atoms with Gasteiger partial charge in [0.15, 0.2) is 0 Å². The second-order valence-electron chi connectivity index (χ2n) is 8.44. The maximum atomic E-state index is 3.86. The molecule has 0 amide bonds. The molecule has 4 aromatic carbocycles. The average Bonchev–Trinajstić information content (AvgIpc) is 2.87. The van der Waals surface area contributed by atoms with Crippen LogP contribution in [0.5, 0.6) is 0 Å². The minimum atomic E-state index is -0.403. The molecule has 0 saturated carbocycles. The fraction of sp³-hybridized carbons (Fsp3) is 0.200. The SMILES string of the molecule is CC(CNCC(C)P(c1ccccc1)c1ccccc1)P(c1ccccc1)c1ccccc1. The Morgan fingerprint density at radius 1 is 0.455 bits per heavy atom. The molecule has 0 aliphatic heterocycles. The Morgan fingerprint density at radius 3 is 0.939 bits per heavy atom. The van der Waals surface area contributed by atoms with Gasteiger partial charge in [0.25, 0.3) is 0 Å². The molecule has 2 atom stereocenters. The van der Waals surface area contributed by atoms with Gasteiger partial charge in [-0.05, 0) is 48.4 Å². The summed E-state index contributed by atoms with van der Waals surface area (Å²) in [6.07, 6.45) is 0. The summed E-state index contributed by atoms with van der Waals surface area (Å²) in [5, 5.41) is 9.68. The molecular weight excluding hydrogens is 436 g/mol. The lowest BCUT2D eigenvalue weighted by Crippen LogP contribution is -2.35. The molecule has 1 nitrogen and oxygen atoms in total. The molecule has 4 aromatic rings. The zero-order valence-electron chi connectivity index (χ0n) is 19.5. The highest BCUT2D eigenvalue weighted by atomic mass is 31.1. The molecule has 0 heterocycles. The first kappa shape index (κ1) is 23.8. The molecule has 0 aromatic heterocycles. The van der Waals surface area contributed by atoms with E-state index in [0.29, 0.717) is 11.3 Å². The van der Waals surface area contributed by atoms with Gasteiger partial charge in [-0.1, -0.05) is 135 Å². The third-order valence-electron chi connectivity index (χ3n) is 5.90. The van der Waals surface area contributed by atoms with Crippen LogP contribution < -0.4 is 26.5 Å². The van der Waals surface area contributed by atoms with E-state index in [0.717, 1.165) is 13.1 Å². The largest absolute Gasteiger partial charge is 0.315 e. The lowest BCUT2D eigenvalue weighted by atomic mass is 10.4. The molecule has 0 radical (unpaired) electrons. The number of hydrogen-bond donors (Lipinski definition) is 1. The molecule has 4 rings (SSSR count). The Bertz CT molecular complexity index is 903. The number of benzene rings is 4. The molecule has 0 bridgehead atoms. The van der Waals surface area contributed by atoms with Gasteiger partial charge < -0.3 is 5.32 Å². The van der Waals surface area contributed by atoms with Crippen LogP contribution in [0.2, 0.25) is 0 Å². The van der Waals surface area contributed by atoms with E-state index in [1.165, 1.54) is 21.2 Å². The van der Waals surface area contributed by atoms with Crippen LogP contribution >= 0.6 is 15.8 Å². The smallest absolute Gasteiger partial charge is 0.00226 e. The highest BCUT2D eigenvalue weighted by Crippen LogP contribution is 2.40. The zero-order valence-corrected chi connectivity index (χ0v) is 21.3. The molecular formula is C30H33NP2. The van der Waals surface area contributed by atoms with Gasteiger partial charge in [-0.15, -0.1) is 0 Å². The maximum absolute atomic E-state index is 3.86. The van der Waals surface area contributed by atoms with Crippen LogP contribution in [0.15, 0.2) is 121 Å². The van der Waals surface area contributed by atoms with Gasteiger partial charge in [0.05, 0.1) is 0 Å². The Labute approximate surface area is 201 Å². The van der Waals surface area contributed by atoms with Crippen LogP contribution in [0, 0.1) is 0 Å². The number of hydrogen-bond acceptors (Lipinski definition) is 1. The van der Waals surface area contributed by atoms with Gasteiger partial charge >= 0.3 is 0 Å². The van der Waals surface area contributed by atoms with Crippen molar-refractivity contribution in [2.45, 2.75) is 25.2 Å². The summed E-state index contributed by atoms with van der Waals surface area (Å²) in [7, 11) is -0.806. The molecule has 0 fully saturated rings. The average molecular weight is 470 g/mol. The van der Waals surface area contributed by atoms with Crippen molar-refractivity contribution in [3.05, 3.63) is 121 Å². The molecule has 2 unspecified atom stereocenters. The topological polar surface area (TPSA) is 12.0 Å². The molecule has 1 N–H and O–H groups in total. The van der Waals surface area contributed by atoms with Gasteiger partial charge in [0.1, 0.15) is 0 Å². The van der Waals surface area contributed by atoms with E-state index < -0.39 is 15.8 Å². The van der Waals surface area contributed by atoms with Gasteiger partial charge in [0, 0.05) is 13.1 Å². The van der Waals surface area contributed by atoms with Crippen LogP contribution in [0.4, 0.5) is 0 Å². The fourth-order valence-electron chi connectivity index (χ4n) is 4.35. The van der Waals surface area contributed by atoms with E-state index in [-0.39, 0.29) is 0 Å². The van der Waals surface area contributed by atoms with Crippen molar-refractivity contribution < 1.29 is 0 Å².